The summed E-state index contributed by atoms with van der Waals surface area (Å²) >= 11 is 0. The Kier molecular flexibility index (Phi) is 3.16. The van der Waals surface area contributed by atoms with Gasteiger partial charge in [0.05, 0.1) is 4.92 Å². The number of nitro groups is 1. The minimum Gasteiger partial charge on any atom is -0.297 e. The fourth-order valence-corrected chi connectivity index (χ4v) is 1.15. The first-order chi connectivity index (χ1) is 6.56. The average molecular weight is 196 g/mol. The molecule has 5 heteroatoms. The van der Waals surface area contributed by atoms with Gasteiger partial charge in [-0.05, 0) is 19.4 Å². The minimum absolute atomic E-state index is 0.0893. The fraction of sp³-hybridized carbons (Fsp3) is 0.333. The summed E-state index contributed by atoms with van der Waals surface area (Å²) in [6.45, 7) is 3.42. The first-order valence-electron chi connectivity index (χ1n) is 4.16. The molecule has 0 spiro atoms. The van der Waals surface area contributed by atoms with Crippen LogP contribution in [0.5, 0.6) is 0 Å². The van der Waals surface area contributed by atoms with Gasteiger partial charge < -0.3 is 0 Å². The maximum atomic E-state index is 10.6. The Morgan fingerprint density at radius 2 is 2.21 bits per heavy atom. The van der Waals surface area contributed by atoms with Gasteiger partial charge in [0.15, 0.2) is 0 Å². The monoisotopic (exact) mass is 196 g/mol. The predicted molar refractivity (Wildman–Crippen MR) is 51.5 cm³/mol. The SMILES string of the molecule is Cc1ccc(C(C)ON)cc1[N+](=O)[O-]. The van der Waals surface area contributed by atoms with E-state index < -0.39 is 4.92 Å². The van der Waals surface area contributed by atoms with Gasteiger partial charge in [-0.2, -0.15) is 0 Å². The summed E-state index contributed by atoms with van der Waals surface area (Å²) in [6, 6.07) is 4.93. The number of hydrogen-bond donors (Lipinski definition) is 1. The summed E-state index contributed by atoms with van der Waals surface area (Å²) in [5.41, 5.74) is 1.42. The molecular formula is C9H12N2O3. The van der Waals surface area contributed by atoms with Crippen molar-refractivity contribution in [1.29, 1.82) is 0 Å². The number of nitrogens with zero attached hydrogens (tertiary/aromatic N) is 1. The van der Waals surface area contributed by atoms with Crippen molar-refractivity contribution in [2.45, 2.75) is 20.0 Å². The van der Waals surface area contributed by atoms with E-state index in [9.17, 15) is 10.1 Å². The van der Waals surface area contributed by atoms with Gasteiger partial charge in [0.1, 0.15) is 6.10 Å². The number of hydrogen-bond acceptors (Lipinski definition) is 4. The number of aryl methyl sites for hydroxylation is 1. The lowest BCUT2D eigenvalue weighted by molar-refractivity contribution is -0.385. The second-order valence-electron chi connectivity index (χ2n) is 3.08. The third-order valence-corrected chi connectivity index (χ3v) is 2.10. The van der Waals surface area contributed by atoms with Crippen molar-refractivity contribution < 1.29 is 9.76 Å². The van der Waals surface area contributed by atoms with Crippen LogP contribution < -0.4 is 5.90 Å². The Morgan fingerprint density at radius 1 is 1.57 bits per heavy atom. The highest BCUT2D eigenvalue weighted by Gasteiger charge is 2.13. The molecule has 0 aromatic heterocycles. The molecule has 0 amide bonds. The smallest absolute Gasteiger partial charge is 0.272 e. The molecule has 76 valence electrons. The normalized spacial score (nSPS) is 12.5. The molecular weight excluding hydrogens is 184 g/mol. The Hall–Kier alpha value is -1.46. The van der Waals surface area contributed by atoms with Crippen LogP contribution in [0.4, 0.5) is 5.69 Å². The standard InChI is InChI=1S/C9H12N2O3/c1-6-3-4-8(7(2)14-10)5-9(6)11(12)13/h3-5,7H,10H2,1-2H3. The van der Waals surface area contributed by atoms with Crippen LogP contribution in [0.3, 0.4) is 0 Å². The van der Waals surface area contributed by atoms with Crippen LogP contribution in [0.2, 0.25) is 0 Å². The largest absolute Gasteiger partial charge is 0.297 e. The molecule has 0 aliphatic rings. The van der Waals surface area contributed by atoms with Crippen LogP contribution in [0.1, 0.15) is 24.2 Å². The maximum Gasteiger partial charge on any atom is 0.272 e. The Labute approximate surface area is 81.6 Å². The van der Waals surface area contributed by atoms with Crippen molar-refractivity contribution >= 4 is 5.69 Å². The van der Waals surface area contributed by atoms with E-state index in [4.69, 9.17) is 5.90 Å². The topological polar surface area (TPSA) is 78.4 Å². The third-order valence-electron chi connectivity index (χ3n) is 2.10. The molecule has 1 atom stereocenters. The zero-order valence-corrected chi connectivity index (χ0v) is 8.06. The molecule has 0 aliphatic carbocycles. The summed E-state index contributed by atoms with van der Waals surface area (Å²) in [4.78, 5) is 14.8. The molecule has 0 fully saturated rings. The van der Waals surface area contributed by atoms with E-state index in [1.807, 2.05) is 0 Å². The zero-order valence-electron chi connectivity index (χ0n) is 8.06. The molecule has 1 aromatic rings. The van der Waals surface area contributed by atoms with Crippen LogP contribution in [-0.2, 0) is 4.84 Å². The van der Waals surface area contributed by atoms with E-state index in [0.29, 0.717) is 11.1 Å². The van der Waals surface area contributed by atoms with Crippen molar-refractivity contribution in [3.8, 4) is 0 Å². The molecule has 2 N–H and O–H groups in total. The van der Waals surface area contributed by atoms with Crippen molar-refractivity contribution in [3.05, 3.63) is 39.4 Å². The van der Waals surface area contributed by atoms with Crippen LogP contribution in [0, 0.1) is 17.0 Å². The maximum absolute atomic E-state index is 10.6. The summed E-state index contributed by atoms with van der Waals surface area (Å²) < 4.78 is 0. The fourth-order valence-electron chi connectivity index (χ4n) is 1.15. The molecule has 1 unspecified atom stereocenters. The number of nitrogens with two attached hydrogens (primary N) is 1. The predicted octanol–water partition coefficient (Wildman–Crippen LogP) is 1.85. The summed E-state index contributed by atoms with van der Waals surface area (Å²) in [7, 11) is 0. The van der Waals surface area contributed by atoms with Gasteiger partial charge in [0, 0.05) is 11.6 Å². The first kappa shape index (κ1) is 10.6. The van der Waals surface area contributed by atoms with E-state index in [2.05, 4.69) is 4.84 Å². The highest BCUT2D eigenvalue weighted by molar-refractivity contribution is 5.42. The van der Waals surface area contributed by atoms with E-state index in [1.165, 1.54) is 6.07 Å². The molecule has 0 saturated heterocycles. The van der Waals surface area contributed by atoms with Crippen LogP contribution in [-0.4, -0.2) is 4.92 Å². The number of benzene rings is 1. The Bertz CT molecular complexity index is 352. The van der Waals surface area contributed by atoms with Gasteiger partial charge in [0.2, 0.25) is 0 Å². The summed E-state index contributed by atoms with van der Waals surface area (Å²) in [5.74, 6) is 5.00. The highest BCUT2D eigenvalue weighted by atomic mass is 16.6. The number of rotatable bonds is 3. The van der Waals surface area contributed by atoms with E-state index in [1.54, 1.807) is 26.0 Å². The van der Waals surface area contributed by atoms with Crippen molar-refractivity contribution in [2.75, 3.05) is 0 Å². The highest BCUT2D eigenvalue weighted by Crippen LogP contribution is 2.23. The molecule has 0 radical (unpaired) electrons. The van der Waals surface area contributed by atoms with E-state index >= 15 is 0 Å². The molecule has 14 heavy (non-hydrogen) atoms. The molecule has 0 saturated carbocycles. The van der Waals surface area contributed by atoms with Gasteiger partial charge in [-0.15, -0.1) is 0 Å². The zero-order chi connectivity index (χ0) is 10.7. The minimum atomic E-state index is -0.415. The van der Waals surface area contributed by atoms with E-state index in [0.717, 1.165) is 0 Å². The Balaban J connectivity index is 3.12. The lowest BCUT2D eigenvalue weighted by Crippen LogP contribution is -2.06. The van der Waals surface area contributed by atoms with Crippen molar-refractivity contribution in [3.63, 3.8) is 0 Å². The van der Waals surface area contributed by atoms with Crippen molar-refractivity contribution in [2.24, 2.45) is 5.90 Å². The van der Waals surface area contributed by atoms with Gasteiger partial charge in [-0.25, -0.2) is 5.90 Å². The van der Waals surface area contributed by atoms with Gasteiger partial charge >= 0.3 is 0 Å². The second kappa shape index (κ2) is 4.17. The molecule has 1 rings (SSSR count). The molecule has 0 aliphatic heterocycles. The second-order valence-corrected chi connectivity index (χ2v) is 3.08. The van der Waals surface area contributed by atoms with Crippen LogP contribution >= 0.6 is 0 Å². The van der Waals surface area contributed by atoms with Gasteiger partial charge in [-0.3, -0.25) is 15.0 Å². The number of nitro benzene ring substituents is 1. The van der Waals surface area contributed by atoms with Crippen LogP contribution in [0.25, 0.3) is 0 Å². The summed E-state index contributed by atoms with van der Waals surface area (Å²) in [6.07, 6.45) is -0.339. The summed E-state index contributed by atoms with van der Waals surface area (Å²) in [5, 5.41) is 10.6. The van der Waals surface area contributed by atoms with Gasteiger partial charge in [0.25, 0.3) is 5.69 Å². The van der Waals surface area contributed by atoms with Crippen molar-refractivity contribution in [1.82, 2.24) is 0 Å². The molecule has 1 aromatic carbocycles. The quantitative estimate of drug-likeness (QED) is 0.591. The lowest BCUT2D eigenvalue weighted by Gasteiger charge is -2.08. The first-order valence-corrected chi connectivity index (χ1v) is 4.16. The lowest BCUT2D eigenvalue weighted by atomic mass is 10.1. The van der Waals surface area contributed by atoms with E-state index in [-0.39, 0.29) is 11.8 Å². The Morgan fingerprint density at radius 3 is 2.71 bits per heavy atom. The molecule has 0 heterocycles. The van der Waals surface area contributed by atoms with Gasteiger partial charge in [-0.1, -0.05) is 12.1 Å². The van der Waals surface area contributed by atoms with Crippen LogP contribution in [0.15, 0.2) is 18.2 Å². The molecule has 5 nitrogen and oxygen atoms in total. The average Bonchev–Trinajstić information content (AvgIpc) is 2.17. The molecule has 0 bridgehead atoms. The third kappa shape index (κ3) is 2.07.